The highest BCUT2D eigenvalue weighted by Gasteiger charge is 2.57. The molecule has 5 aromatic rings. The fourth-order valence-electron chi connectivity index (χ4n) is 6.30. The SMILES string of the molecule is CCC[C@]1(C#N)O[C@H](COCc2ccccc2)[C@H](OCc2ccccc2)[C@H](n2cc(-c3cc(F)c(F)c(F)c3)nn2)[C@H]1OCc1ccccc1. The van der Waals surface area contributed by atoms with Gasteiger partial charge in [-0.15, -0.1) is 5.10 Å². The third-order valence-electron chi connectivity index (χ3n) is 8.69. The van der Waals surface area contributed by atoms with E-state index in [2.05, 4.69) is 16.4 Å². The number of nitrogens with zero attached hydrogens (tertiary/aromatic N) is 4. The average molecular weight is 683 g/mol. The Morgan fingerprint density at radius 2 is 1.38 bits per heavy atom. The van der Waals surface area contributed by atoms with Gasteiger partial charge in [0.25, 0.3) is 0 Å². The molecule has 0 N–H and O–H groups in total. The summed E-state index contributed by atoms with van der Waals surface area (Å²) < 4.78 is 70.2. The minimum absolute atomic E-state index is 0.00827. The van der Waals surface area contributed by atoms with E-state index >= 15 is 0 Å². The maximum absolute atomic E-state index is 14.3. The molecule has 1 fully saturated rings. The van der Waals surface area contributed by atoms with Crippen LogP contribution in [0.25, 0.3) is 11.3 Å². The predicted octanol–water partition coefficient (Wildman–Crippen LogP) is 7.75. The number of hydrogen-bond donors (Lipinski definition) is 0. The monoisotopic (exact) mass is 682 g/mol. The molecule has 4 aromatic carbocycles. The average Bonchev–Trinajstić information content (AvgIpc) is 3.64. The van der Waals surface area contributed by atoms with Gasteiger partial charge in [-0.1, -0.05) is 110 Å². The standard InChI is InChI=1S/C39H37F3N4O4/c1-2-18-39(26-43)38(49-24-29-16-10-5-11-17-29)36(46-21-33(44-45-46)30-19-31(40)35(42)32(41)20-30)37(48-23-28-14-8-4-9-15-28)34(50-39)25-47-22-27-12-6-3-7-13-27/h3-17,19-21,34,36-38H,2,18,22-25H2,1H3/t34-,36+,37+,38-,39-/m1/s1. The molecule has 5 atom stereocenters. The van der Waals surface area contributed by atoms with Crippen molar-refractivity contribution in [3.8, 4) is 17.3 Å². The summed E-state index contributed by atoms with van der Waals surface area (Å²) in [5.74, 6) is -4.28. The van der Waals surface area contributed by atoms with Crippen molar-refractivity contribution in [2.75, 3.05) is 6.61 Å². The molecule has 0 saturated carbocycles. The predicted molar refractivity (Wildman–Crippen MR) is 179 cm³/mol. The number of hydrogen-bond acceptors (Lipinski definition) is 7. The van der Waals surface area contributed by atoms with Gasteiger partial charge in [-0.3, -0.25) is 0 Å². The first-order valence-corrected chi connectivity index (χ1v) is 16.5. The number of ether oxygens (including phenoxy) is 4. The van der Waals surface area contributed by atoms with Crippen LogP contribution in [0.1, 0.15) is 42.5 Å². The van der Waals surface area contributed by atoms with E-state index in [0.717, 1.165) is 28.8 Å². The molecular weight excluding hydrogens is 645 g/mol. The normalized spacial score (nSPS) is 21.9. The van der Waals surface area contributed by atoms with Crippen LogP contribution >= 0.6 is 0 Å². The van der Waals surface area contributed by atoms with Crippen LogP contribution in [0.4, 0.5) is 13.2 Å². The second-order valence-electron chi connectivity index (χ2n) is 12.2. The fraction of sp³-hybridized carbons (Fsp3) is 0.308. The molecule has 1 aromatic heterocycles. The molecule has 0 aliphatic carbocycles. The van der Waals surface area contributed by atoms with Crippen molar-refractivity contribution in [1.29, 1.82) is 5.26 Å². The highest BCUT2D eigenvalue weighted by atomic mass is 19.2. The van der Waals surface area contributed by atoms with Gasteiger partial charge in [-0.2, -0.15) is 5.26 Å². The van der Waals surface area contributed by atoms with Gasteiger partial charge in [-0.25, -0.2) is 17.9 Å². The third-order valence-corrected chi connectivity index (χ3v) is 8.69. The highest BCUT2D eigenvalue weighted by Crippen LogP contribution is 2.43. The molecule has 1 saturated heterocycles. The van der Waals surface area contributed by atoms with E-state index in [1.165, 1.54) is 10.9 Å². The summed E-state index contributed by atoms with van der Waals surface area (Å²) in [6, 6.07) is 32.1. The first-order chi connectivity index (χ1) is 24.4. The van der Waals surface area contributed by atoms with Crippen molar-refractivity contribution in [3.05, 3.63) is 143 Å². The summed E-state index contributed by atoms with van der Waals surface area (Å²) in [4.78, 5) is 0. The maximum atomic E-state index is 14.3. The molecule has 258 valence electrons. The Balaban J connectivity index is 1.43. The Morgan fingerprint density at radius 3 is 1.94 bits per heavy atom. The van der Waals surface area contributed by atoms with Gasteiger partial charge < -0.3 is 18.9 Å². The lowest BCUT2D eigenvalue weighted by atomic mass is 9.80. The number of nitriles is 1. The van der Waals surface area contributed by atoms with Gasteiger partial charge in [0.15, 0.2) is 23.1 Å². The van der Waals surface area contributed by atoms with Crippen LogP contribution in [0.5, 0.6) is 0 Å². The van der Waals surface area contributed by atoms with Gasteiger partial charge >= 0.3 is 0 Å². The maximum Gasteiger partial charge on any atom is 0.194 e. The van der Waals surface area contributed by atoms with Gasteiger partial charge in [0.2, 0.25) is 0 Å². The molecule has 8 nitrogen and oxygen atoms in total. The van der Waals surface area contributed by atoms with E-state index < -0.39 is 47.4 Å². The number of halogens is 3. The Hall–Kier alpha value is -4.86. The van der Waals surface area contributed by atoms with Crippen molar-refractivity contribution in [2.24, 2.45) is 0 Å². The number of aromatic nitrogens is 3. The van der Waals surface area contributed by atoms with Crippen LogP contribution in [0.2, 0.25) is 0 Å². The molecule has 2 heterocycles. The number of benzene rings is 4. The Morgan fingerprint density at radius 1 is 0.820 bits per heavy atom. The molecule has 0 bridgehead atoms. The first-order valence-electron chi connectivity index (χ1n) is 16.5. The van der Waals surface area contributed by atoms with Gasteiger partial charge in [0, 0.05) is 5.56 Å². The second-order valence-corrected chi connectivity index (χ2v) is 12.2. The third kappa shape index (κ3) is 7.95. The van der Waals surface area contributed by atoms with E-state index in [1.54, 1.807) is 0 Å². The molecule has 11 heteroatoms. The Labute approximate surface area is 289 Å². The minimum atomic E-state index is -1.58. The zero-order valence-corrected chi connectivity index (χ0v) is 27.5. The number of rotatable bonds is 14. The van der Waals surface area contributed by atoms with E-state index in [-0.39, 0.29) is 31.1 Å². The summed E-state index contributed by atoms with van der Waals surface area (Å²) in [5.41, 5.74) is 1.35. The molecular formula is C39H37F3N4O4. The lowest BCUT2D eigenvalue weighted by Crippen LogP contribution is -2.63. The van der Waals surface area contributed by atoms with E-state index in [4.69, 9.17) is 18.9 Å². The van der Waals surface area contributed by atoms with Crippen LogP contribution < -0.4 is 0 Å². The van der Waals surface area contributed by atoms with Crippen molar-refractivity contribution >= 4 is 0 Å². The summed E-state index contributed by atoms with van der Waals surface area (Å²) >= 11 is 0. The Bertz CT molecular complexity index is 1850. The van der Waals surface area contributed by atoms with E-state index in [0.29, 0.717) is 19.4 Å². The van der Waals surface area contributed by atoms with Crippen molar-refractivity contribution < 1.29 is 32.1 Å². The molecule has 50 heavy (non-hydrogen) atoms. The molecule has 1 aliphatic rings. The van der Waals surface area contributed by atoms with Crippen molar-refractivity contribution in [3.63, 3.8) is 0 Å². The molecule has 0 radical (unpaired) electrons. The molecule has 0 spiro atoms. The molecule has 1 aliphatic heterocycles. The molecule has 6 rings (SSSR count). The first kappa shape index (κ1) is 35.0. The lowest BCUT2D eigenvalue weighted by Gasteiger charge is -2.50. The lowest BCUT2D eigenvalue weighted by molar-refractivity contribution is -0.265. The summed E-state index contributed by atoms with van der Waals surface area (Å²) in [6.07, 6.45) is -0.124. The topological polar surface area (TPSA) is 91.4 Å². The van der Waals surface area contributed by atoms with Crippen molar-refractivity contribution in [2.45, 2.75) is 69.5 Å². The molecule has 0 amide bonds. The van der Waals surface area contributed by atoms with Gasteiger partial charge in [0.1, 0.15) is 36.1 Å². The largest absolute Gasteiger partial charge is 0.374 e. The smallest absolute Gasteiger partial charge is 0.194 e. The van der Waals surface area contributed by atoms with Crippen LogP contribution in [0.3, 0.4) is 0 Å². The van der Waals surface area contributed by atoms with Crippen LogP contribution in [0.15, 0.2) is 109 Å². The molecule has 0 unspecified atom stereocenters. The summed E-state index contributed by atoms with van der Waals surface area (Å²) in [6.45, 7) is 2.66. The Kier molecular flexibility index (Phi) is 11.4. The fourth-order valence-corrected chi connectivity index (χ4v) is 6.30. The van der Waals surface area contributed by atoms with Crippen LogP contribution in [-0.2, 0) is 38.8 Å². The minimum Gasteiger partial charge on any atom is -0.374 e. The zero-order valence-electron chi connectivity index (χ0n) is 27.5. The van der Waals surface area contributed by atoms with Crippen LogP contribution in [-0.4, -0.2) is 45.5 Å². The van der Waals surface area contributed by atoms with E-state index in [1.807, 2.05) is 97.9 Å². The van der Waals surface area contributed by atoms with Crippen LogP contribution in [0, 0.1) is 28.8 Å². The summed E-state index contributed by atoms with van der Waals surface area (Å²) in [5, 5.41) is 19.5. The van der Waals surface area contributed by atoms with Crippen molar-refractivity contribution in [1.82, 2.24) is 15.0 Å². The zero-order chi connectivity index (χ0) is 34.9. The quantitative estimate of drug-likeness (QED) is 0.111. The van der Waals surface area contributed by atoms with Gasteiger partial charge in [0.05, 0.1) is 32.6 Å². The van der Waals surface area contributed by atoms with Gasteiger partial charge in [-0.05, 0) is 35.2 Å². The summed E-state index contributed by atoms with van der Waals surface area (Å²) in [7, 11) is 0. The second kappa shape index (κ2) is 16.2. The highest BCUT2D eigenvalue weighted by molar-refractivity contribution is 5.58. The van der Waals surface area contributed by atoms with E-state index in [9.17, 15) is 18.4 Å².